The third-order valence-electron chi connectivity index (χ3n) is 3.81. The van der Waals surface area contributed by atoms with E-state index in [-0.39, 0.29) is 0 Å². The van der Waals surface area contributed by atoms with Crippen molar-refractivity contribution >= 4 is 21.5 Å². The van der Waals surface area contributed by atoms with E-state index in [9.17, 15) is 8.42 Å². The topological polar surface area (TPSA) is 61.4 Å². The van der Waals surface area contributed by atoms with E-state index in [0.717, 1.165) is 37.9 Å². The van der Waals surface area contributed by atoms with E-state index in [1.54, 1.807) is 15.6 Å². The molecule has 0 aromatic carbocycles. The second-order valence-corrected chi connectivity index (χ2v) is 8.04. The minimum atomic E-state index is -3.34. The summed E-state index contributed by atoms with van der Waals surface area (Å²) in [6.45, 7) is 5.82. The molecule has 0 unspecified atom stereocenters. The molecule has 0 saturated carbocycles. The summed E-state index contributed by atoms with van der Waals surface area (Å²) in [6.07, 6.45) is 3.02. The number of hydrogen-bond donors (Lipinski definition) is 2. The number of thiophene rings is 1. The molecular weight excluding hydrogens is 306 g/mol. The average molecular weight is 332 g/mol. The molecule has 0 spiro atoms. The summed E-state index contributed by atoms with van der Waals surface area (Å²) >= 11 is 1.58. The predicted octanol–water partition coefficient (Wildman–Crippen LogP) is 1.79. The molecule has 0 atom stereocenters. The largest absolute Gasteiger partial charge is 0.316 e. The second kappa shape index (κ2) is 8.24. The first-order valence-corrected chi connectivity index (χ1v) is 9.96. The first kappa shape index (κ1) is 16.9. The Labute approximate surface area is 131 Å². The van der Waals surface area contributed by atoms with Crippen molar-refractivity contribution in [1.82, 2.24) is 14.3 Å². The highest BCUT2D eigenvalue weighted by Gasteiger charge is 2.27. The van der Waals surface area contributed by atoms with Crippen LogP contribution in [0.3, 0.4) is 0 Å². The average Bonchev–Trinajstić information content (AvgIpc) is 3.00. The molecule has 1 aliphatic heterocycles. The maximum atomic E-state index is 12.3. The van der Waals surface area contributed by atoms with Crippen molar-refractivity contribution in [3.8, 4) is 0 Å². The third-order valence-corrected chi connectivity index (χ3v) is 6.10. The van der Waals surface area contributed by atoms with Crippen LogP contribution in [0.25, 0.3) is 0 Å². The van der Waals surface area contributed by atoms with Gasteiger partial charge in [-0.15, -0.1) is 0 Å². The van der Waals surface area contributed by atoms with Gasteiger partial charge in [0.05, 0.1) is 0 Å². The van der Waals surface area contributed by atoms with Gasteiger partial charge in [-0.1, -0.05) is 6.92 Å². The van der Waals surface area contributed by atoms with Gasteiger partial charge in [-0.05, 0) is 60.7 Å². The molecule has 1 aromatic heterocycles. The Morgan fingerprint density at radius 3 is 2.76 bits per heavy atom. The minimum absolute atomic E-state index is 0.379. The number of nitrogens with one attached hydrogen (secondary N) is 2. The minimum Gasteiger partial charge on any atom is -0.316 e. The first-order valence-electron chi connectivity index (χ1n) is 7.58. The summed E-state index contributed by atoms with van der Waals surface area (Å²) in [4.78, 5) is 0. The van der Waals surface area contributed by atoms with Gasteiger partial charge in [-0.25, -0.2) is 0 Å². The zero-order valence-electron chi connectivity index (χ0n) is 12.5. The van der Waals surface area contributed by atoms with Crippen molar-refractivity contribution < 1.29 is 8.42 Å². The van der Waals surface area contributed by atoms with Crippen LogP contribution in [-0.4, -0.2) is 38.9 Å². The summed E-state index contributed by atoms with van der Waals surface area (Å²) in [5.41, 5.74) is 1.02. The smallest absolute Gasteiger partial charge is 0.279 e. The predicted molar refractivity (Wildman–Crippen MR) is 87.5 cm³/mol. The van der Waals surface area contributed by atoms with Crippen molar-refractivity contribution in [2.24, 2.45) is 5.92 Å². The van der Waals surface area contributed by atoms with Crippen LogP contribution in [0.4, 0.5) is 0 Å². The van der Waals surface area contributed by atoms with E-state index in [1.807, 2.05) is 16.8 Å². The molecule has 1 fully saturated rings. The van der Waals surface area contributed by atoms with Crippen molar-refractivity contribution in [3.05, 3.63) is 22.4 Å². The van der Waals surface area contributed by atoms with E-state index in [2.05, 4.69) is 17.0 Å². The molecule has 21 heavy (non-hydrogen) atoms. The lowest BCUT2D eigenvalue weighted by molar-refractivity contribution is 0.265. The number of piperidine rings is 1. The molecule has 2 N–H and O–H groups in total. The summed E-state index contributed by atoms with van der Waals surface area (Å²) in [7, 11) is -3.34. The summed E-state index contributed by atoms with van der Waals surface area (Å²) < 4.78 is 28.8. The normalized spacial score (nSPS) is 18.1. The Morgan fingerprint density at radius 1 is 1.38 bits per heavy atom. The van der Waals surface area contributed by atoms with Gasteiger partial charge < -0.3 is 5.32 Å². The highest BCUT2D eigenvalue weighted by molar-refractivity contribution is 7.87. The SMILES string of the molecule is CCCNCC1CCN(S(=O)(=O)NCc2ccsc2)CC1. The standard InChI is InChI=1S/C14H25N3O2S2/c1-2-6-15-10-13-3-7-17(8-4-13)21(18,19)16-11-14-5-9-20-12-14/h5,9,12-13,15-16H,2-4,6-8,10-11H2,1H3. The summed E-state index contributed by atoms with van der Waals surface area (Å²) in [5.74, 6) is 0.597. The molecular formula is C14H25N3O2S2. The van der Waals surface area contributed by atoms with E-state index in [4.69, 9.17) is 0 Å². The van der Waals surface area contributed by atoms with E-state index in [0.29, 0.717) is 25.6 Å². The Bertz CT molecular complexity index is 494. The quantitative estimate of drug-likeness (QED) is 0.714. The van der Waals surface area contributed by atoms with E-state index < -0.39 is 10.2 Å². The number of rotatable bonds is 8. The second-order valence-electron chi connectivity index (χ2n) is 5.50. The molecule has 120 valence electrons. The van der Waals surface area contributed by atoms with E-state index in [1.165, 1.54) is 0 Å². The fraction of sp³-hybridized carbons (Fsp3) is 0.714. The lowest BCUT2D eigenvalue weighted by Gasteiger charge is -2.31. The fourth-order valence-corrected chi connectivity index (χ4v) is 4.39. The van der Waals surface area contributed by atoms with Crippen molar-refractivity contribution in [2.45, 2.75) is 32.7 Å². The van der Waals surface area contributed by atoms with Crippen LogP contribution in [-0.2, 0) is 16.8 Å². The first-order chi connectivity index (χ1) is 10.1. The molecule has 0 radical (unpaired) electrons. The number of nitrogens with zero attached hydrogens (tertiary/aromatic N) is 1. The van der Waals surface area contributed by atoms with Gasteiger partial charge in [-0.2, -0.15) is 28.8 Å². The third kappa shape index (κ3) is 5.34. The summed E-state index contributed by atoms with van der Waals surface area (Å²) in [6, 6.07) is 1.94. The Hall–Kier alpha value is -0.470. The highest BCUT2D eigenvalue weighted by atomic mass is 32.2. The van der Waals surface area contributed by atoms with Gasteiger partial charge in [0.1, 0.15) is 0 Å². The molecule has 0 aliphatic carbocycles. The van der Waals surface area contributed by atoms with Gasteiger partial charge in [0.15, 0.2) is 0 Å². The van der Waals surface area contributed by atoms with Gasteiger partial charge in [0.25, 0.3) is 10.2 Å². The van der Waals surface area contributed by atoms with Crippen LogP contribution >= 0.6 is 11.3 Å². The van der Waals surface area contributed by atoms with Crippen LogP contribution in [0.2, 0.25) is 0 Å². The summed E-state index contributed by atoms with van der Waals surface area (Å²) in [5, 5.41) is 7.34. The molecule has 1 aliphatic rings. The zero-order valence-corrected chi connectivity index (χ0v) is 14.2. The molecule has 2 rings (SSSR count). The molecule has 0 bridgehead atoms. The molecule has 5 nitrogen and oxygen atoms in total. The molecule has 2 heterocycles. The van der Waals surface area contributed by atoms with Crippen LogP contribution in [0.5, 0.6) is 0 Å². The van der Waals surface area contributed by atoms with Crippen LogP contribution < -0.4 is 10.0 Å². The number of hydrogen-bond acceptors (Lipinski definition) is 4. The van der Waals surface area contributed by atoms with Crippen LogP contribution in [0.1, 0.15) is 31.7 Å². The van der Waals surface area contributed by atoms with Gasteiger partial charge in [0.2, 0.25) is 0 Å². The Kier molecular flexibility index (Phi) is 6.63. The molecule has 0 amide bonds. The molecule has 7 heteroatoms. The van der Waals surface area contributed by atoms with Crippen molar-refractivity contribution in [1.29, 1.82) is 0 Å². The maximum Gasteiger partial charge on any atom is 0.279 e. The maximum absolute atomic E-state index is 12.3. The molecule has 1 aromatic rings. The molecule has 1 saturated heterocycles. The van der Waals surface area contributed by atoms with Gasteiger partial charge in [0, 0.05) is 19.6 Å². The van der Waals surface area contributed by atoms with Crippen molar-refractivity contribution in [2.75, 3.05) is 26.2 Å². The zero-order chi connectivity index (χ0) is 15.1. The lowest BCUT2D eigenvalue weighted by atomic mass is 9.98. The monoisotopic (exact) mass is 331 g/mol. The Balaban J connectivity index is 1.75. The highest BCUT2D eigenvalue weighted by Crippen LogP contribution is 2.18. The van der Waals surface area contributed by atoms with Gasteiger partial charge >= 0.3 is 0 Å². The van der Waals surface area contributed by atoms with Gasteiger partial charge in [-0.3, -0.25) is 0 Å². The van der Waals surface area contributed by atoms with Crippen LogP contribution in [0.15, 0.2) is 16.8 Å². The Morgan fingerprint density at radius 2 is 2.14 bits per heavy atom. The van der Waals surface area contributed by atoms with Crippen LogP contribution in [0, 0.1) is 5.92 Å². The van der Waals surface area contributed by atoms with E-state index >= 15 is 0 Å². The lowest BCUT2D eigenvalue weighted by Crippen LogP contribution is -2.45. The van der Waals surface area contributed by atoms with Crippen molar-refractivity contribution in [3.63, 3.8) is 0 Å². The fourth-order valence-electron chi connectivity index (χ4n) is 2.50.